The second kappa shape index (κ2) is 13.6. The summed E-state index contributed by atoms with van der Waals surface area (Å²) in [4.78, 5) is 56.7. The molecule has 0 saturated carbocycles. The number of pyridine rings is 1. The van der Waals surface area contributed by atoms with E-state index in [0.717, 1.165) is 11.1 Å². The number of carbonyl (C=O) groups is 4. The number of hydrogen-bond donors (Lipinski definition) is 3. The molecule has 0 aliphatic carbocycles. The molecule has 3 amide bonds. The fraction of sp³-hybridized carbons (Fsp3) is 0.206. The molecule has 1 aliphatic rings. The molecule has 2 heterocycles. The third-order valence-electron chi connectivity index (χ3n) is 7.52. The Kier molecular flexibility index (Phi) is 9.29. The maximum Gasteiger partial charge on any atom is 0.326 e. The van der Waals surface area contributed by atoms with Crippen LogP contribution in [-0.4, -0.2) is 57.9 Å². The zero-order valence-corrected chi connectivity index (χ0v) is 24.1. The molecule has 1 aliphatic heterocycles. The summed E-state index contributed by atoms with van der Waals surface area (Å²) in [7, 11) is 1.58. The SMILES string of the molecule is COc1ccc(-c2cccnc2C(=O)Nc2ccc(C[C@H](NC(=O)C3CCC(=O)N3Cc3ccccc3)C(=O)O)cc2)cc1. The molecule has 1 unspecified atom stereocenters. The van der Waals surface area contributed by atoms with Crippen molar-refractivity contribution in [2.24, 2.45) is 0 Å². The highest BCUT2D eigenvalue weighted by Gasteiger charge is 2.37. The van der Waals surface area contributed by atoms with Crippen molar-refractivity contribution in [3.05, 3.63) is 114 Å². The van der Waals surface area contributed by atoms with Gasteiger partial charge in [0, 0.05) is 36.8 Å². The van der Waals surface area contributed by atoms with Gasteiger partial charge in [-0.25, -0.2) is 4.79 Å². The predicted octanol–water partition coefficient (Wildman–Crippen LogP) is 4.31. The van der Waals surface area contributed by atoms with Crippen molar-refractivity contribution in [1.82, 2.24) is 15.2 Å². The molecular weight excluding hydrogens is 560 g/mol. The summed E-state index contributed by atoms with van der Waals surface area (Å²) in [5.74, 6) is -1.51. The quantitative estimate of drug-likeness (QED) is 0.236. The second-order valence-electron chi connectivity index (χ2n) is 10.4. The lowest BCUT2D eigenvalue weighted by Crippen LogP contribution is -2.50. The van der Waals surface area contributed by atoms with Gasteiger partial charge in [0.05, 0.1) is 7.11 Å². The van der Waals surface area contributed by atoms with E-state index in [-0.39, 0.29) is 31.0 Å². The minimum absolute atomic E-state index is 0.0243. The molecule has 224 valence electrons. The van der Waals surface area contributed by atoms with Crippen molar-refractivity contribution >= 4 is 29.4 Å². The number of carboxylic acids is 1. The Bertz CT molecular complexity index is 1640. The van der Waals surface area contributed by atoms with Gasteiger partial charge in [0.25, 0.3) is 5.91 Å². The number of nitrogens with zero attached hydrogens (tertiary/aromatic N) is 2. The van der Waals surface area contributed by atoms with E-state index in [9.17, 15) is 24.3 Å². The molecule has 0 radical (unpaired) electrons. The van der Waals surface area contributed by atoms with Crippen LogP contribution in [0.3, 0.4) is 0 Å². The number of likely N-dealkylation sites (tertiary alicyclic amines) is 1. The highest BCUT2D eigenvalue weighted by atomic mass is 16.5. The Hall–Kier alpha value is -5.51. The first kappa shape index (κ1) is 30.0. The molecule has 3 N–H and O–H groups in total. The van der Waals surface area contributed by atoms with E-state index < -0.39 is 29.9 Å². The monoisotopic (exact) mass is 592 g/mol. The largest absolute Gasteiger partial charge is 0.497 e. The fourth-order valence-electron chi connectivity index (χ4n) is 5.19. The Morgan fingerprint density at radius 1 is 0.955 bits per heavy atom. The summed E-state index contributed by atoms with van der Waals surface area (Å²) >= 11 is 0. The number of nitrogens with one attached hydrogen (secondary N) is 2. The number of carbonyl (C=O) groups excluding carboxylic acids is 3. The Labute approximate surface area is 254 Å². The topological polar surface area (TPSA) is 138 Å². The van der Waals surface area contributed by atoms with Crippen molar-refractivity contribution < 1.29 is 29.0 Å². The van der Waals surface area contributed by atoms with Crippen LogP contribution in [0.1, 0.15) is 34.5 Å². The molecule has 4 aromatic rings. The van der Waals surface area contributed by atoms with Crippen LogP contribution in [0.4, 0.5) is 5.69 Å². The third-order valence-corrected chi connectivity index (χ3v) is 7.52. The van der Waals surface area contributed by atoms with E-state index in [1.165, 1.54) is 4.90 Å². The number of anilines is 1. The molecule has 2 atom stereocenters. The first-order valence-corrected chi connectivity index (χ1v) is 14.2. The zero-order valence-electron chi connectivity index (χ0n) is 24.1. The van der Waals surface area contributed by atoms with Crippen LogP contribution in [0.25, 0.3) is 11.1 Å². The lowest BCUT2D eigenvalue weighted by molar-refractivity contribution is -0.143. The lowest BCUT2D eigenvalue weighted by atomic mass is 10.0. The van der Waals surface area contributed by atoms with E-state index in [0.29, 0.717) is 29.0 Å². The summed E-state index contributed by atoms with van der Waals surface area (Å²) in [5.41, 5.74) is 3.77. The van der Waals surface area contributed by atoms with Crippen molar-refractivity contribution in [3.63, 3.8) is 0 Å². The Morgan fingerprint density at radius 2 is 1.68 bits per heavy atom. The highest BCUT2D eigenvalue weighted by Crippen LogP contribution is 2.26. The lowest BCUT2D eigenvalue weighted by Gasteiger charge is -2.26. The summed E-state index contributed by atoms with van der Waals surface area (Å²) in [6.07, 6.45) is 2.13. The molecule has 1 aromatic heterocycles. The summed E-state index contributed by atoms with van der Waals surface area (Å²) in [5, 5.41) is 15.3. The van der Waals surface area contributed by atoms with Gasteiger partial charge in [-0.3, -0.25) is 19.4 Å². The van der Waals surface area contributed by atoms with Crippen LogP contribution in [0.5, 0.6) is 5.75 Å². The minimum Gasteiger partial charge on any atom is -0.497 e. The zero-order chi connectivity index (χ0) is 31.1. The van der Waals surface area contributed by atoms with Crippen LogP contribution in [0, 0.1) is 0 Å². The molecule has 3 aromatic carbocycles. The Morgan fingerprint density at radius 3 is 2.36 bits per heavy atom. The van der Waals surface area contributed by atoms with Crippen LogP contribution in [0.2, 0.25) is 0 Å². The van der Waals surface area contributed by atoms with E-state index in [2.05, 4.69) is 15.6 Å². The summed E-state index contributed by atoms with van der Waals surface area (Å²) < 4.78 is 5.22. The number of methoxy groups -OCH3 is 1. The van der Waals surface area contributed by atoms with E-state index in [1.54, 1.807) is 43.6 Å². The number of aliphatic carboxylic acids is 1. The Balaban J connectivity index is 1.22. The number of aromatic nitrogens is 1. The first-order chi connectivity index (χ1) is 21.3. The molecule has 10 nitrogen and oxygen atoms in total. The number of hydrogen-bond acceptors (Lipinski definition) is 6. The molecule has 0 bridgehead atoms. The third kappa shape index (κ3) is 7.09. The number of carboxylic acid groups (broad SMARTS) is 1. The maximum absolute atomic E-state index is 13.1. The van der Waals surface area contributed by atoms with Crippen molar-refractivity contribution in [1.29, 1.82) is 0 Å². The van der Waals surface area contributed by atoms with Crippen molar-refractivity contribution in [3.8, 4) is 16.9 Å². The van der Waals surface area contributed by atoms with Crippen molar-refractivity contribution in [2.75, 3.05) is 12.4 Å². The fourth-order valence-corrected chi connectivity index (χ4v) is 5.19. The molecule has 1 saturated heterocycles. The van der Waals surface area contributed by atoms with E-state index in [1.807, 2.05) is 60.7 Å². The smallest absolute Gasteiger partial charge is 0.326 e. The van der Waals surface area contributed by atoms with Crippen LogP contribution in [-0.2, 0) is 27.3 Å². The second-order valence-corrected chi connectivity index (χ2v) is 10.4. The molecule has 10 heteroatoms. The van der Waals surface area contributed by atoms with Crippen LogP contribution < -0.4 is 15.4 Å². The first-order valence-electron chi connectivity index (χ1n) is 14.2. The summed E-state index contributed by atoms with van der Waals surface area (Å²) in [6.45, 7) is 0.281. The van der Waals surface area contributed by atoms with Crippen LogP contribution in [0.15, 0.2) is 97.2 Å². The average Bonchev–Trinajstić information content (AvgIpc) is 3.41. The highest BCUT2D eigenvalue weighted by molar-refractivity contribution is 6.07. The standard InChI is InChI=1S/C34H32N4O6/c1-44-26-15-11-24(12-16-26)27-8-5-19-35-31(27)33(41)36-25-13-9-22(10-14-25)20-28(34(42)43)37-32(40)29-17-18-30(39)38(29)21-23-6-3-2-4-7-23/h2-16,19,28-29H,17-18,20-21H2,1H3,(H,36,41)(H,37,40)(H,42,43)/t28-,29?/m0/s1. The molecule has 0 spiro atoms. The van der Waals surface area contributed by atoms with Gasteiger partial charge < -0.3 is 25.4 Å². The summed E-state index contributed by atoms with van der Waals surface area (Å²) in [6, 6.07) is 25.0. The molecule has 1 fully saturated rings. The predicted molar refractivity (Wildman–Crippen MR) is 164 cm³/mol. The van der Waals surface area contributed by atoms with Crippen LogP contribution >= 0.6 is 0 Å². The molecule has 5 rings (SSSR count). The maximum atomic E-state index is 13.1. The van der Waals surface area contributed by atoms with E-state index >= 15 is 0 Å². The average molecular weight is 593 g/mol. The number of ether oxygens (including phenoxy) is 1. The van der Waals surface area contributed by atoms with Gasteiger partial charge in [-0.1, -0.05) is 60.7 Å². The van der Waals surface area contributed by atoms with Crippen molar-refractivity contribution in [2.45, 2.75) is 37.9 Å². The van der Waals surface area contributed by atoms with Gasteiger partial charge in [-0.05, 0) is 53.4 Å². The van der Waals surface area contributed by atoms with Gasteiger partial charge in [0.2, 0.25) is 11.8 Å². The minimum atomic E-state index is -1.20. The number of benzene rings is 3. The molecular formula is C34H32N4O6. The van der Waals surface area contributed by atoms with Gasteiger partial charge in [-0.2, -0.15) is 0 Å². The van der Waals surface area contributed by atoms with Gasteiger partial charge in [0.1, 0.15) is 23.5 Å². The van der Waals surface area contributed by atoms with Gasteiger partial charge in [-0.15, -0.1) is 0 Å². The van der Waals surface area contributed by atoms with Gasteiger partial charge >= 0.3 is 5.97 Å². The number of rotatable bonds is 11. The van der Waals surface area contributed by atoms with Gasteiger partial charge in [0.15, 0.2) is 0 Å². The number of amides is 3. The molecule has 44 heavy (non-hydrogen) atoms. The van der Waals surface area contributed by atoms with E-state index in [4.69, 9.17) is 4.74 Å². The normalized spacial score (nSPS) is 15.0.